The third-order valence-corrected chi connectivity index (χ3v) is 4.82. The number of nitro benzene ring substituents is 1. The van der Waals surface area contributed by atoms with Crippen molar-refractivity contribution in [3.05, 3.63) is 28.3 Å². The number of rotatable bonds is 3. The Balaban J connectivity index is 0.00000161. The van der Waals surface area contributed by atoms with Crippen LogP contribution in [0.2, 0.25) is 0 Å². The van der Waals surface area contributed by atoms with Crippen molar-refractivity contribution in [2.24, 2.45) is 0 Å². The largest absolute Gasteiger partial charge is 0.347 e. The third kappa shape index (κ3) is 3.25. The van der Waals surface area contributed by atoms with Crippen molar-refractivity contribution in [2.45, 2.75) is 18.9 Å². The molecule has 8 heteroatoms. The van der Waals surface area contributed by atoms with E-state index < -0.39 is 0 Å². The summed E-state index contributed by atoms with van der Waals surface area (Å²) in [6.07, 6.45) is 2.32. The first kappa shape index (κ1) is 15.9. The van der Waals surface area contributed by atoms with Crippen LogP contribution in [0.25, 0.3) is 10.2 Å². The maximum atomic E-state index is 10.8. The third-order valence-electron chi connectivity index (χ3n) is 3.69. The van der Waals surface area contributed by atoms with Crippen molar-refractivity contribution >= 4 is 44.8 Å². The van der Waals surface area contributed by atoms with E-state index in [0.29, 0.717) is 11.6 Å². The predicted molar refractivity (Wildman–Crippen MR) is 87.8 cm³/mol. The summed E-state index contributed by atoms with van der Waals surface area (Å²) >= 11 is 1.58. The van der Waals surface area contributed by atoms with Crippen molar-refractivity contribution < 1.29 is 4.92 Å². The van der Waals surface area contributed by atoms with Crippen LogP contribution in [-0.2, 0) is 0 Å². The molecule has 0 saturated carbocycles. The first-order chi connectivity index (χ1) is 9.65. The van der Waals surface area contributed by atoms with Crippen LogP contribution >= 0.6 is 23.7 Å². The van der Waals surface area contributed by atoms with E-state index in [1.807, 2.05) is 7.05 Å². The zero-order valence-electron chi connectivity index (χ0n) is 11.6. The molecule has 1 N–H and O–H groups in total. The van der Waals surface area contributed by atoms with Crippen LogP contribution in [0.3, 0.4) is 0 Å². The number of hydrogen-bond donors (Lipinski definition) is 1. The van der Waals surface area contributed by atoms with Crippen LogP contribution in [0.5, 0.6) is 0 Å². The van der Waals surface area contributed by atoms with Gasteiger partial charge in [-0.1, -0.05) is 11.3 Å². The summed E-state index contributed by atoms with van der Waals surface area (Å²) in [5.41, 5.74) is 0.797. The molecule has 0 amide bonds. The van der Waals surface area contributed by atoms with Gasteiger partial charge in [0, 0.05) is 31.8 Å². The number of fused-ring (bicyclic) bond motifs is 1. The zero-order chi connectivity index (χ0) is 14.1. The number of non-ortho nitro benzene ring substituents is 1. The number of piperidine rings is 1. The maximum absolute atomic E-state index is 10.8. The van der Waals surface area contributed by atoms with Crippen LogP contribution < -0.4 is 10.2 Å². The minimum atomic E-state index is -0.382. The number of nitrogens with one attached hydrogen (secondary N) is 1. The molecule has 2 aromatic rings. The van der Waals surface area contributed by atoms with E-state index in [9.17, 15) is 10.1 Å². The maximum Gasteiger partial charge on any atom is 0.271 e. The Morgan fingerprint density at radius 1 is 1.52 bits per heavy atom. The van der Waals surface area contributed by atoms with Gasteiger partial charge in [0.05, 0.1) is 15.1 Å². The molecule has 114 valence electrons. The van der Waals surface area contributed by atoms with Crippen molar-refractivity contribution in [1.82, 2.24) is 10.3 Å². The van der Waals surface area contributed by atoms with Gasteiger partial charge >= 0.3 is 0 Å². The van der Waals surface area contributed by atoms with Gasteiger partial charge in [0.25, 0.3) is 5.69 Å². The highest BCUT2D eigenvalue weighted by Gasteiger charge is 2.21. The van der Waals surface area contributed by atoms with E-state index >= 15 is 0 Å². The molecule has 0 unspecified atom stereocenters. The van der Waals surface area contributed by atoms with Gasteiger partial charge < -0.3 is 10.2 Å². The van der Waals surface area contributed by atoms with Gasteiger partial charge in [0.15, 0.2) is 5.13 Å². The topological polar surface area (TPSA) is 71.3 Å². The molecule has 0 aliphatic carbocycles. The fraction of sp³-hybridized carbons (Fsp3) is 0.462. The number of hydrogen-bond acceptors (Lipinski definition) is 6. The number of anilines is 1. The summed E-state index contributed by atoms with van der Waals surface area (Å²) in [5, 5.41) is 15.1. The Morgan fingerprint density at radius 2 is 2.33 bits per heavy atom. The molecule has 1 fully saturated rings. The highest BCUT2D eigenvalue weighted by Crippen LogP contribution is 2.32. The Kier molecular flexibility index (Phi) is 4.97. The predicted octanol–water partition coefficient (Wildman–Crippen LogP) is 2.81. The molecular weight excluding hydrogens is 312 g/mol. The summed E-state index contributed by atoms with van der Waals surface area (Å²) in [7, 11) is 2.05. The Bertz CT molecular complexity index is 642. The van der Waals surface area contributed by atoms with E-state index in [0.717, 1.165) is 29.3 Å². The molecule has 0 spiro atoms. The minimum absolute atomic E-state index is 0. The summed E-state index contributed by atoms with van der Waals surface area (Å²) in [5.74, 6) is 0. The van der Waals surface area contributed by atoms with Crippen LogP contribution in [0.15, 0.2) is 18.2 Å². The standard InChI is InChI=1S/C13H16N4O2S.ClH/c1-16(10-3-2-6-14-8-10)13-15-11-7-9(17(18)19)4-5-12(11)20-13;/h4-5,7,10,14H,2-3,6,8H2,1H3;1H/t10-;/m0./s1. The van der Waals surface area contributed by atoms with Gasteiger partial charge in [0.2, 0.25) is 0 Å². The fourth-order valence-electron chi connectivity index (χ4n) is 2.49. The number of nitro groups is 1. The van der Waals surface area contributed by atoms with E-state index in [1.165, 1.54) is 12.5 Å². The van der Waals surface area contributed by atoms with Crippen molar-refractivity contribution in [3.63, 3.8) is 0 Å². The van der Waals surface area contributed by atoms with Gasteiger partial charge in [-0.15, -0.1) is 12.4 Å². The van der Waals surface area contributed by atoms with Gasteiger partial charge in [-0.2, -0.15) is 0 Å². The number of nitrogens with zero attached hydrogens (tertiary/aromatic N) is 3. The molecule has 0 radical (unpaired) electrons. The monoisotopic (exact) mass is 328 g/mol. The first-order valence-electron chi connectivity index (χ1n) is 6.63. The number of likely N-dealkylation sites (N-methyl/N-ethyl adjacent to an activating group) is 1. The highest BCUT2D eigenvalue weighted by atomic mass is 35.5. The number of halogens is 1. The summed E-state index contributed by atoms with van der Waals surface area (Å²) in [6.45, 7) is 2.04. The Hall–Kier alpha value is -1.44. The number of aromatic nitrogens is 1. The molecule has 6 nitrogen and oxygen atoms in total. The van der Waals surface area contributed by atoms with Crippen molar-refractivity contribution in [3.8, 4) is 0 Å². The Labute approximate surface area is 132 Å². The molecule has 21 heavy (non-hydrogen) atoms. The second kappa shape index (κ2) is 6.55. The van der Waals surface area contributed by atoms with E-state index in [2.05, 4.69) is 15.2 Å². The second-order valence-electron chi connectivity index (χ2n) is 5.02. The molecule has 1 aliphatic rings. The molecule has 1 saturated heterocycles. The summed E-state index contributed by atoms with van der Waals surface area (Å²) in [6, 6.07) is 5.30. The van der Waals surface area contributed by atoms with Crippen LogP contribution in [0.1, 0.15) is 12.8 Å². The van der Waals surface area contributed by atoms with Gasteiger partial charge in [-0.25, -0.2) is 4.98 Å². The fourth-order valence-corrected chi connectivity index (χ4v) is 3.47. The zero-order valence-corrected chi connectivity index (χ0v) is 13.2. The van der Waals surface area contributed by atoms with Gasteiger partial charge in [0.1, 0.15) is 0 Å². The van der Waals surface area contributed by atoms with E-state index in [1.54, 1.807) is 23.5 Å². The van der Waals surface area contributed by atoms with Crippen LogP contribution in [-0.4, -0.2) is 36.1 Å². The SMILES string of the molecule is CN(c1nc2cc([N+](=O)[O-])ccc2s1)[C@H]1CCCNC1.Cl. The van der Waals surface area contributed by atoms with E-state index in [4.69, 9.17) is 0 Å². The van der Waals surface area contributed by atoms with Gasteiger partial charge in [-0.05, 0) is 25.5 Å². The number of benzene rings is 1. The van der Waals surface area contributed by atoms with Crippen LogP contribution in [0.4, 0.5) is 10.8 Å². The molecule has 3 rings (SSSR count). The second-order valence-corrected chi connectivity index (χ2v) is 6.03. The molecule has 1 atom stereocenters. The van der Waals surface area contributed by atoms with Gasteiger partial charge in [-0.3, -0.25) is 10.1 Å². The lowest BCUT2D eigenvalue weighted by Gasteiger charge is -2.31. The molecule has 0 bridgehead atoms. The highest BCUT2D eigenvalue weighted by molar-refractivity contribution is 7.22. The minimum Gasteiger partial charge on any atom is -0.347 e. The average molecular weight is 329 g/mol. The normalized spacial score (nSPS) is 18.2. The first-order valence-corrected chi connectivity index (χ1v) is 7.45. The van der Waals surface area contributed by atoms with Crippen LogP contribution in [0, 0.1) is 10.1 Å². The average Bonchev–Trinajstić information content (AvgIpc) is 2.90. The molecular formula is C13H17ClN4O2S. The lowest BCUT2D eigenvalue weighted by molar-refractivity contribution is -0.384. The lowest BCUT2D eigenvalue weighted by Crippen LogP contribution is -2.44. The molecule has 1 aromatic carbocycles. The Morgan fingerprint density at radius 3 is 3.00 bits per heavy atom. The quantitative estimate of drug-likeness (QED) is 0.693. The molecule has 2 heterocycles. The molecule has 1 aromatic heterocycles. The summed E-state index contributed by atoms with van der Waals surface area (Å²) in [4.78, 5) is 17.1. The van der Waals surface area contributed by atoms with Crippen molar-refractivity contribution in [1.29, 1.82) is 0 Å². The lowest BCUT2D eigenvalue weighted by atomic mass is 10.1. The van der Waals surface area contributed by atoms with Crippen molar-refractivity contribution in [2.75, 3.05) is 25.0 Å². The van der Waals surface area contributed by atoms with E-state index in [-0.39, 0.29) is 23.0 Å². The molecule has 1 aliphatic heterocycles. The smallest absolute Gasteiger partial charge is 0.271 e. The summed E-state index contributed by atoms with van der Waals surface area (Å²) < 4.78 is 0.987. The number of thiazole rings is 1.